The number of anilines is 3. The molecule has 0 heterocycles. The summed E-state index contributed by atoms with van der Waals surface area (Å²) in [6, 6.07) is 13.9. The Morgan fingerprint density at radius 2 is 1.33 bits per heavy atom. The zero-order valence-electron chi connectivity index (χ0n) is 17.5. The fourth-order valence-corrected chi connectivity index (χ4v) is 2.42. The van der Waals surface area contributed by atoms with Crippen molar-refractivity contribution in [2.24, 2.45) is 0 Å². The van der Waals surface area contributed by atoms with Gasteiger partial charge in [-0.3, -0.25) is 10.1 Å². The predicted octanol–water partition coefficient (Wildman–Crippen LogP) is 5.95. The molecule has 156 valence electrons. The highest BCUT2D eigenvalue weighted by Crippen LogP contribution is 2.18. The lowest BCUT2D eigenvalue weighted by Crippen LogP contribution is -2.27. The molecule has 0 fully saturated rings. The first-order valence-corrected chi connectivity index (χ1v) is 9.44. The van der Waals surface area contributed by atoms with Crippen molar-refractivity contribution >= 4 is 29.1 Å². The lowest BCUT2D eigenvalue weighted by atomic mass is 10.2. The van der Waals surface area contributed by atoms with Crippen LogP contribution < -0.4 is 16.0 Å². The third-order valence-corrected chi connectivity index (χ3v) is 3.74. The number of carbonyl (C=O) groups is 2. The van der Waals surface area contributed by atoms with Crippen molar-refractivity contribution in [3.63, 3.8) is 0 Å². The molecule has 2 rings (SSSR count). The molecule has 2 aromatic carbocycles. The summed E-state index contributed by atoms with van der Waals surface area (Å²) in [4.78, 5) is 24.3. The largest absolute Gasteiger partial charge is 0.444 e. The molecule has 0 unspecified atom stereocenters. The van der Waals surface area contributed by atoms with Gasteiger partial charge in [0.2, 0.25) is 0 Å². The van der Waals surface area contributed by atoms with E-state index in [1.807, 2.05) is 18.2 Å². The maximum atomic E-state index is 12.5. The summed E-state index contributed by atoms with van der Waals surface area (Å²) in [6.07, 6.45) is 4.63. The number of benzene rings is 2. The van der Waals surface area contributed by atoms with E-state index in [0.29, 0.717) is 16.9 Å². The summed E-state index contributed by atoms with van der Waals surface area (Å²) < 4.78 is 5.20. The van der Waals surface area contributed by atoms with Crippen LogP contribution in [0.3, 0.4) is 0 Å². The number of allylic oxidation sites excluding steroid dienone is 3. The molecule has 0 aliphatic carbocycles. The minimum Gasteiger partial charge on any atom is -0.444 e. The zero-order valence-corrected chi connectivity index (χ0v) is 17.5. The molecule has 0 aromatic heterocycles. The molecule has 0 aliphatic heterocycles. The van der Waals surface area contributed by atoms with Gasteiger partial charge in [-0.25, -0.2) is 4.79 Å². The quantitative estimate of drug-likeness (QED) is 0.497. The molecular weight excluding hydrogens is 378 g/mol. The molecule has 0 aliphatic rings. The van der Waals surface area contributed by atoms with E-state index in [2.05, 4.69) is 29.1 Å². The van der Waals surface area contributed by atoms with Gasteiger partial charge in [0.25, 0.3) is 5.91 Å². The molecule has 0 atom stereocenters. The first kappa shape index (κ1) is 22.5. The van der Waals surface area contributed by atoms with Crippen LogP contribution in [0.25, 0.3) is 0 Å². The molecule has 0 radical (unpaired) electrons. The normalized spacial score (nSPS) is 11.2. The van der Waals surface area contributed by atoms with Gasteiger partial charge < -0.3 is 15.4 Å². The number of nitrogens with one attached hydrogen (secondary N) is 3. The van der Waals surface area contributed by atoms with Crippen molar-refractivity contribution in [2.75, 3.05) is 16.0 Å². The summed E-state index contributed by atoms with van der Waals surface area (Å²) >= 11 is 0. The van der Waals surface area contributed by atoms with E-state index in [0.717, 1.165) is 11.4 Å². The minimum absolute atomic E-state index is 0.252. The van der Waals surface area contributed by atoms with Gasteiger partial charge in [0.05, 0.1) is 0 Å². The average Bonchev–Trinajstić information content (AvgIpc) is 2.68. The van der Waals surface area contributed by atoms with E-state index in [9.17, 15) is 9.59 Å². The average molecular weight is 405 g/mol. The van der Waals surface area contributed by atoms with E-state index in [-0.39, 0.29) is 5.91 Å². The number of rotatable bonds is 7. The Morgan fingerprint density at radius 1 is 0.833 bits per heavy atom. The van der Waals surface area contributed by atoms with Crippen LogP contribution in [0.2, 0.25) is 0 Å². The van der Waals surface area contributed by atoms with Gasteiger partial charge >= 0.3 is 6.09 Å². The summed E-state index contributed by atoms with van der Waals surface area (Å²) in [7, 11) is 0. The van der Waals surface area contributed by atoms with Crippen LogP contribution in [-0.2, 0) is 4.74 Å². The second kappa shape index (κ2) is 10.1. The fraction of sp³-hybridized carbons (Fsp3) is 0.167. The topological polar surface area (TPSA) is 79.5 Å². The standard InChI is InChI=1S/C24H27N3O3/c1-6-8-18(7-2)25-19-13-15-20(16-14-19)26-22(28)17-9-11-21(12-10-17)27-23(29)30-24(3,4)5/h6-16,25H,1-2H2,3-5H3,(H,26,28)(H,27,29)/b18-8+. The zero-order chi connectivity index (χ0) is 22.1. The number of carbonyl (C=O) groups excluding carboxylic acids is 2. The molecule has 0 spiro atoms. The summed E-state index contributed by atoms with van der Waals surface area (Å²) in [5.74, 6) is -0.252. The van der Waals surface area contributed by atoms with Crippen molar-refractivity contribution in [3.05, 3.63) is 91.2 Å². The van der Waals surface area contributed by atoms with Gasteiger partial charge in [0, 0.05) is 28.3 Å². The van der Waals surface area contributed by atoms with Crippen LogP contribution >= 0.6 is 0 Å². The van der Waals surface area contributed by atoms with Crippen LogP contribution in [0.4, 0.5) is 21.9 Å². The van der Waals surface area contributed by atoms with E-state index in [4.69, 9.17) is 4.74 Å². The molecular formula is C24H27N3O3. The molecule has 30 heavy (non-hydrogen) atoms. The van der Waals surface area contributed by atoms with Gasteiger partial charge in [-0.05, 0) is 81.5 Å². The van der Waals surface area contributed by atoms with Crippen LogP contribution in [0.1, 0.15) is 31.1 Å². The van der Waals surface area contributed by atoms with E-state index >= 15 is 0 Å². The number of hydrogen-bond acceptors (Lipinski definition) is 4. The SMILES string of the molecule is C=C/C=C(\C=C)Nc1ccc(NC(=O)c2ccc(NC(=O)OC(C)(C)C)cc2)cc1. The maximum absolute atomic E-state index is 12.5. The Bertz CT molecular complexity index is 937. The number of hydrogen-bond donors (Lipinski definition) is 3. The van der Waals surface area contributed by atoms with Gasteiger partial charge in [-0.15, -0.1) is 0 Å². The van der Waals surface area contributed by atoms with Crippen LogP contribution in [-0.4, -0.2) is 17.6 Å². The highest BCUT2D eigenvalue weighted by molar-refractivity contribution is 6.04. The highest BCUT2D eigenvalue weighted by atomic mass is 16.6. The molecule has 0 saturated carbocycles. The van der Waals surface area contributed by atoms with E-state index in [1.165, 1.54) is 0 Å². The Balaban J connectivity index is 1.96. The van der Waals surface area contributed by atoms with Gasteiger partial charge in [0.1, 0.15) is 5.60 Å². The second-order valence-electron chi connectivity index (χ2n) is 7.42. The molecule has 2 amide bonds. The maximum Gasteiger partial charge on any atom is 0.412 e. The molecule has 3 N–H and O–H groups in total. The van der Waals surface area contributed by atoms with Crippen molar-refractivity contribution < 1.29 is 14.3 Å². The van der Waals surface area contributed by atoms with Crippen molar-refractivity contribution in [2.45, 2.75) is 26.4 Å². The number of amides is 2. The smallest absolute Gasteiger partial charge is 0.412 e. The lowest BCUT2D eigenvalue weighted by molar-refractivity contribution is 0.0636. The van der Waals surface area contributed by atoms with E-state index < -0.39 is 11.7 Å². The second-order valence-corrected chi connectivity index (χ2v) is 7.42. The van der Waals surface area contributed by atoms with Crippen LogP contribution in [0, 0.1) is 0 Å². The van der Waals surface area contributed by atoms with Gasteiger partial charge in [0.15, 0.2) is 0 Å². The molecule has 2 aromatic rings. The molecule has 0 bridgehead atoms. The Morgan fingerprint density at radius 3 is 1.83 bits per heavy atom. The van der Waals surface area contributed by atoms with Crippen LogP contribution in [0.15, 0.2) is 85.6 Å². The Kier molecular flexibility index (Phi) is 7.58. The summed E-state index contributed by atoms with van der Waals surface area (Å²) in [6.45, 7) is 12.8. The van der Waals surface area contributed by atoms with E-state index in [1.54, 1.807) is 69.3 Å². The Labute approximate surface area is 177 Å². The first-order chi connectivity index (χ1) is 14.2. The Hall–Kier alpha value is -3.80. The highest BCUT2D eigenvalue weighted by Gasteiger charge is 2.16. The van der Waals surface area contributed by atoms with Crippen molar-refractivity contribution in [1.29, 1.82) is 0 Å². The van der Waals surface area contributed by atoms with Gasteiger partial charge in [-0.1, -0.05) is 19.2 Å². The molecule has 6 nitrogen and oxygen atoms in total. The van der Waals surface area contributed by atoms with Crippen molar-refractivity contribution in [1.82, 2.24) is 0 Å². The van der Waals surface area contributed by atoms with Crippen molar-refractivity contribution in [3.8, 4) is 0 Å². The summed E-state index contributed by atoms with van der Waals surface area (Å²) in [5, 5.41) is 8.66. The first-order valence-electron chi connectivity index (χ1n) is 9.44. The molecule has 6 heteroatoms. The third kappa shape index (κ3) is 7.31. The predicted molar refractivity (Wildman–Crippen MR) is 123 cm³/mol. The monoisotopic (exact) mass is 405 g/mol. The molecule has 0 saturated heterocycles. The minimum atomic E-state index is -0.579. The van der Waals surface area contributed by atoms with Crippen LogP contribution in [0.5, 0.6) is 0 Å². The third-order valence-electron chi connectivity index (χ3n) is 3.74. The fourth-order valence-electron chi connectivity index (χ4n) is 2.42. The van der Waals surface area contributed by atoms with Gasteiger partial charge in [-0.2, -0.15) is 0 Å². The number of ether oxygens (including phenoxy) is 1. The summed E-state index contributed by atoms with van der Waals surface area (Å²) in [5.41, 5.74) is 2.77. The lowest BCUT2D eigenvalue weighted by Gasteiger charge is -2.19.